The van der Waals surface area contributed by atoms with Crippen molar-refractivity contribution >= 4 is 31.8 Å². The van der Waals surface area contributed by atoms with Crippen LogP contribution in [0.5, 0.6) is 5.75 Å². The number of rotatable bonds is 4. The first-order valence-corrected chi connectivity index (χ1v) is 11.9. The Labute approximate surface area is 187 Å². The zero-order chi connectivity index (χ0) is 22.5. The lowest BCUT2D eigenvalue weighted by molar-refractivity contribution is 0.412. The first kappa shape index (κ1) is 20.3. The fraction of sp³-hybridized carbons (Fsp3) is 0.111. The molecule has 0 aliphatic carbocycles. The molecule has 4 nitrogen and oxygen atoms in total. The van der Waals surface area contributed by atoms with Crippen molar-refractivity contribution in [2.24, 2.45) is 0 Å². The van der Waals surface area contributed by atoms with E-state index in [1.165, 1.54) is 3.97 Å². The van der Waals surface area contributed by atoms with E-state index in [0.717, 1.165) is 38.8 Å². The molecule has 0 bridgehead atoms. The van der Waals surface area contributed by atoms with E-state index in [4.69, 9.17) is 4.74 Å². The molecule has 5 rings (SSSR count). The smallest absolute Gasteiger partial charge is 0.268 e. The van der Waals surface area contributed by atoms with Gasteiger partial charge in [-0.05, 0) is 43.7 Å². The van der Waals surface area contributed by atoms with Gasteiger partial charge in [0.15, 0.2) is 0 Å². The molecule has 0 radical (unpaired) electrons. The van der Waals surface area contributed by atoms with Gasteiger partial charge in [0.1, 0.15) is 5.75 Å². The SMILES string of the molecule is COc1cc2c3ccccc3n(S(=O)(=O)c3ccc(C)cc3)c2c(-c2ccccc2)c1C. The van der Waals surface area contributed by atoms with E-state index in [1.807, 2.05) is 86.6 Å². The lowest BCUT2D eigenvalue weighted by Gasteiger charge is -2.16. The number of aromatic nitrogens is 1. The van der Waals surface area contributed by atoms with Crippen molar-refractivity contribution in [2.45, 2.75) is 18.7 Å². The Hall–Kier alpha value is -3.57. The standard InChI is InChI=1S/C27H23NO3S/c1-18-13-15-21(16-14-18)32(29,30)28-24-12-8-7-11-22(24)23-17-25(31-3)19(2)26(27(23)28)20-9-5-4-6-10-20/h4-17H,1-3H3. The Kier molecular flexibility index (Phi) is 4.79. The summed E-state index contributed by atoms with van der Waals surface area (Å²) in [6.45, 7) is 3.92. The summed E-state index contributed by atoms with van der Waals surface area (Å²) < 4.78 is 35.2. The molecule has 5 aromatic rings. The summed E-state index contributed by atoms with van der Waals surface area (Å²) in [4.78, 5) is 0.262. The van der Waals surface area contributed by atoms with Crippen LogP contribution in [-0.4, -0.2) is 19.5 Å². The van der Waals surface area contributed by atoms with Gasteiger partial charge in [-0.1, -0.05) is 66.2 Å². The van der Waals surface area contributed by atoms with E-state index in [1.54, 1.807) is 19.2 Å². The van der Waals surface area contributed by atoms with Crippen molar-refractivity contribution in [3.8, 4) is 16.9 Å². The van der Waals surface area contributed by atoms with Gasteiger partial charge in [0.05, 0.1) is 23.0 Å². The zero-order valence-electron chi connectivity index (χ0n) is 18.2. The van der Waals surface area contributed by atoms with E-state index >= 15 is 0 Å². The number of aryl methyl sites for hydroxylation is 1. The van der Waals surface area contributed by atoms with Crippen LogP contribution >= 0.6 is 0 Å². The molecule has 4 aromatic carbocycles. The minimum absolute atomic E-state index is 0.262. The topological polar surface area (TPSA) is 48.3 Å². The van der Waals surface area contributed by atoms with Gasteiger partial charge in [0.25, 0.3) is 10.0 Å². The maximum absolute atomic E-state index is 14.0. The average Bonchev–Trinajstić information content (AvgIpc) is 3.14. The Balaban J connectivity index is 2.01. The highest BCUT2D eigenvalue weighted by Crippen LogP contribution is 2.43. The first-order chi connectivity index (χ1) is 15.4. The van der Waals surface area contributed by atoms with Crippen LogP contribution < -0.4 is 4.74 Å². The largest absolute Gasteiger partial charge is 0.496 e. The van der Waals surface area contributed by atoms with Crippen molar-refractivity contribution in [3.05, 3.63) is 96.1 Å². The fourth-order valence-electron chi connectivity index (χ4n) is 4.39. The normalized spacial score (nSPS) is 11.8. The number of methoxy groups -OCH3 is 1. The molecule has 1 aromatic heterocycles. The number of fused-ring (bicyclic) bond motifs is 3. The first-order valence-electron chi connectivity index (χ1n) is 10.4. The second-order valence-electron chi connectivity index (χ2n) is 7.94. The molecule has 0 aliphatic heterocycles. The second-order valence-corrected chi connectivity index (χ2v) is 9.73. The van der Waals surface area contributed by atoms with Crippen LogP contribution in [0, 0.1) is 13.8 Å². The predicted molar refractivity (Wildman–Crippen MR) is 130 cm³/mol. The summed E-state index contributed by atoms with van der Waals surface area (Å²) >= 11 is 0. The number of para-hydroxylation sites is 1. The molecular weight excluding hydrogens is 418 g/mol. The second kappa shape index (κ2) is 7.53. The van der Waals surface area contributed by atoms with Crippen LogP contribution in [0.15, 0.2) is 89.8 Å². The summed E-state index contributed by atoms with van der Waals surface area (Å²) in [5.41, 5.74) is 5.01. The van der Waals surface area contributed by atoms with Gasteiger partial charge >= 0.3 is 0 Å². The van der Waals surface area contributed by atoms with E-state index in [2.05, 4.69) is 0 Å². The summed E-state index contributed by atoms with van der Waals surface area (Å²) in [5.74, 6) is 0.729. The quantitative estimate of drug-likeness (QED) is 0.328. The number of nitrogens with zero attached hydrogens (tertiary/aromatic N) is 1. The molecule has 0 N–H and O–H groups in total. The van der Waals surface area contributed by atoms with Gasteiger partial charge in [-0.3, -0.25) is 0 Å². The van der Waals surface area contributed by atoms with Gasteiger partial charge in [0.2, 0.25) is 0 Å². The fourth-order valence-corrected chi connectivity index (χ4v) is 5.93. The minimum atomic E-state index is -3.86. The molecule has 0 saturated heterocycles. The number of ether oxygens (including phenoxy) is 1. The molecule has 5 heteroatoms. The third-order valence-electron chi connectivity index (χ3n) is 5.97. The molecule has 32 heavy (non-hydrogen) atoms. The highest BCUT2D eigenvalue weighted by molar-refractivity contribution is 7.90. The Morgan fingerprint density at radius 1 is 0.781 bits per heavy atom. The summed E-state index contributed by atoms with van der Waals surface area (Å²) in [7, 11) is -2.21. The van der Waals surface area contributed by atoms with Crippen LogP contribution in [0.2, 0.25) is 0 Å². The summed E-state index contributed by atoms with van der Waals surface area (Å²) in [6, 6.07) is 26.4. The molecule has 1 heterocycles. The van der Waals surface area contributed by atoms with Crippen molar-refractivity contribution in [1.82, 2.24) is 3.97 Å². The van der Waals surface area contributed by atoms with Crippen LogP contribution in [0.25, 0.3) is 32.9 Å². The summed E-state index contributed by atoms with van der Waals surface area (Å²) in [5, 5.41) is 1.71. The minimum Gasteiger partial charge on any atom is -0.496 e. The Morgan fingerprint density at radius 2 is 1.44 bits per heavy atom. The third kappa shape index (κ3) is 3.00. The Morgan fingerprint density at radius 3 is 2.12 bits per heavy atom. The van der Waals surface area contributed by atoms with E-state index in [9.17, 15) is 8.42 Å². The third-order valence-corrected chi connectivity index (χ3v) is 7.70. The molecule has 160 valence electrons. The highest BCUT2D eigenvalue weighted by atomic mass is 32.2. The molecule has 0 amide bonds. The van der Waals surface area contributed by atoms with Gasteiger partial charge < -0.3 is 4.74 Å². The van der Waals surface area contributed by atoms with E-state index < -0.39 is 10.0 Å². The number of benzene rings is 4. The molecule has 0 aliphatic rings. The Bertz CT molecular complexity index is 1570. The molecule has 0 saturated carbocycles. The van der Waals surface area contributed by atoms with Gasteiger partial charge in [0, 0.05) is 21.9 Å². The van der Waals surface area contributed by atoms with Gasteiger partial charge in [-0.15, -0.1) is 0 Å². The maximum atomic E-state index is 14.0. The average molecular weight is 442 g/mol. The van der Waals surface area contributed by atoms with Crippen molar-refractivity contribution in [2.75, 3.05) is 7.11 Å². The summed E-state index contributed by atoms with van der Waals surface area (Å²) in [6.07, 6.45) is 0. The van der Waals surface area contributed by atoms with Crippen molar-refractivity contribution < 1.29 is 13.2 Å². The zero-order valence-corrected chi connectivity index (χ0v) is 19.0. The van der Waals surface area contributed by atoms with Crippen LogP contribution in [0.3, 0.4) is 0 Å². The predicted octanol–water partition coefficient (Wildman–Crippen LogP) is 6.32. The van der Waals surface area contributed by atoms with E-state index in [0.29, 0.717) is 11.0 Å². The van der Waals surface area contributed by atoms with Crippen LogP contribution in [0.4, 0.5) is 0 Å². The van der Waals surface area contributed by atoms with Crippen molar-refractivity contribution in [1.29, 1.82) is 0 Å². The van der Waals surface area contributed by atoms with E-state index in [-0.39, 0.29) is 4.90 Å². The molecule has 0 atom stereocenters. The highest BCUT2D eigenvalue weighted by Gasteiger charge is 2.27. The van der Waals surface area contributed by atoms with Crippen LogP contribution in [-0.2, 0) is 10.0 Å². The maximum Gasteiger partial charge on any atom is 0.268 e. The molecule has 0 fully saturated rings. The van der Waals surface area contributed by atoms with Crippen LogP contribution in [0.1, 0.15) is 11.1 Å². The number of hydrogen-bond donors (Lipinski definition) is 0. The lowest BCUT2D eigenvalue weighted by atomic mass is 9.96. The van der Waals surface area contributed by atoms with Gasteiger partial charge in [-0.2, -0.15) is 0 Å². The van der Waals surface area contributed by atoms with Crippen molar-refractivity contribution in [3.63, 3.8) is 0 Å². The van der Waals surface area contributed by atoms with Gasteiger partial charge in [-0.25, -0.2) is 12.4 Å². The number of hydrogen-bond acceptors (Lipinski definition) is 3. The molecular formula is C27H23NO3S. The lowest BCUT2D eigenvalue weighted by Crippen LogP contribution is -2.13. The monoisotopic (exact) mass is 441 g/mol. The molecule has 0 unspecified atom stereocenters. The molecule has 0 spiro atoms.